The summed E-state index contributed by atoms with van der Waals surface area (Å²) in [4.78, 5) is 18.1. The van der Waals surface area contributed by atoms with Crippen LogP contribution in [-0.2, 0) is 10.5 Å². The fraction of sp³-hybridized carbons (Fsp3) is 0.0455. The number of benzene rings is 3. The molecule has 2 N–H and O–H groups in total. The first-order valence-corrected chi connectivity index (χ1v) is 9.09. The molecule has 3 aromatic carbocycles. The van der Waals surface area contributed by atoms with Crippen LogP contribution >= 0.6 is 0 Å². The van der Waals surface area contributed by atoms with Gasteiger partial charge in [-0.25, -0.2) is 9.67 Å². The van der Waals surface area contributed by atoms with Crippen LogP contribution in [0.5, 0.6) is 0 Å². The molecule has 0 saturated carbocycles. The van der Waals surface area contributed by atoms with E-state index in [0.29, 0.717) is 11.6 Å². The SMILES string of the molecule is O=C1Nc2ccccc2C12Nc1ccccc1-c1nc(-c3ccccc3)nn12. The fourth-order valence-electron chi connectivity index (χ4n) is 4.04. The van der Waals surface area contributed by atoms with Crippen molar-refractivity contribution in [3.8, 4) is 22.8 Å². The molecule has 2 aliphatic rings. The number of nitrogens with zero attached hydrogens (tertiary/aromatic N) is 3. The van der Waals surface area contributed by atoms with Crippen molar-refractivity contribution in [3.05, 3.63) is 84.4 Å². The van der Waals surface area contributed by atoms with Crippen LogP contribution in [0.25, 0.3) is 22.8 Å². The van der Waals surface area contributed by atoms with Crippen molar-refractivity contribution in [2.75, 3.05) is 10.6 Å². The van der Waals surface area contributed by atoms with E-state index < -0.39 is 5.66 Å². The molecule has 3 heterocycles. The van der Waals surface area contributed by atoms with E-state index in [1.54, 1.807) is 4.68 Å². The monoisotopic (exact) mass is 365 g/mol. The second kappa shape index (κ2) is 5.29. The van der Waals surface area contributed by atoms with Crippen molar-refractivity contribution >= 4 is 17.3 Å². The second-order valence-electron chi connectivity index (χ2n) is 6.92. The number of rotatable bonds is 1. The number of nitrogens with one attached hydrogen (secondary N) is 2. The standard InChI is InChI=1S/C22H15N5O/c28-21-22(16-11-5-7-13-18(16)23-21)25-17-12-6-4-10-15(17)20-24-19(26-27(20)22)14-8-2-1-3-9-14/h1-13,25H,(H,23,28). The number of anilines is 2. The maximum atomic E-state index is 13.3. The smallest absolute Gasteiger partial charge is 0.278 e. The number of hydrogen-bond acceptors (Lipinski definition) is 4. The third-order valence-electron chi connectivity index (χ3n) is 5.33. The van der Waals surface area contributed by atoms with Crippen LogP contribution in [0.4, 0.5) is 11.4 Å². The molecule has 0 fully saturated rings. The van der Waals surface area contributed by atoms with E-state index in [-0.39, 0.29) is 5.91 Å². The summed E-state index contributed by atoms with van der Waals surface area (Å²) in [5.41, 5.74) is 3.13. The van der Waals surface area contributed by atoms with Gasteiger partial charge in [0.2, 0.25) is 5.66 Å². The summed E-state index contributed by atoms with van der Waals surface area (Å²) >= 11 is 0. The first-order valence-electron chi connectivity index (χ1n) is 9.09. The number of carbonyl (C=O) groups is 1. The zero-order valence-electron chi connectivity index (χ0n) is 14.8. The molecule has 0 saturated heterocycles. The van der Waals surface area contributed by atoms with Gasteiger partial charge in [0.05, 0.1) is 0 Å². The van der Waals surface area contributed by atoms with E-state index in [0.717, 1.165) is 28.1 Å². The zero-order chi connectivity index (χ0) is 18.7. The quantitative estimate of drug-likeness (QED) is 0.540. The molecule has 0 aliphatic carbocycles. The normalized spacial score (nSPS) is 18.8. The molecule has 134 valence electrons. The van der Waals surface area contributed by atoms with Gasteiger partial charge in [0.1, 0.15) is 0 Å². The molecule has 6 rings (SSSR count). The lowest BCUT2D eigenvalue weighted by molar-refractivity contribution is -0.121. The third-order valence-corrected chi connectivity index (χ3v) is 5.33. The molecule has 4 aromatic rings. The van der Waals surface area contributed by atoms with Gasteiger partial charge in [0.25, 0.3) is 5.91 Å². The summed E-state index contributed by atoms with van der Waals surface area (Å²) in [6.07, 6.45) is 0. The summed E-state index contributed by atoms with van der Waals surface area (Å²) in [6, 6.07) is 25.3. The van der Waals surface area contributed by atoms with Crippen molar-refractivity contribution in [1.82, 2.24) is 14.8 Å². The average Bonchev–Trinajstić information content (AvgIpc) is 3.30. The van der Waals surface area contributed by atoms with E-state index in [2.05, 4.69) is 10.6 Å². The van der Waals surface area contributed by atoms with Crippen molar-refractivity contribution in [3.63, 3.8) is 0 Å². The molecule has 0 bridgehead atoms. The lowest BCUT2D eigenvalue weighted by Gasteiger charge is -2.35. The highest BCUT2D eigenvalue weighted by atomic mass is 16.2. The summed E-state index contributed by atoms with van der Waals surface area (Å²) in [5, 5.41) is 11.2. The summed E-state index contributed by atoms with van der Waals surface area (Å²) in [7, 11) is 0. The van der Waals surface area contributed by atoms with E-state index in [1.165, 1.54) is 0 Å². The Hall–Kier alpha value is -3.93. The van der Waals surface area contributed by atoms with Crippen molar-refractivity contribution in [2.45, 2.75) is 5.66 Å². The lowest BCUT2D eigenvalue weighted by atomic mass is 9.96. The van der Waals surface area contributed by atoms with Crippen molar-refractivity contribution < 1.29 is 4.79 Å². The Balaban J connectivity index is 1.68. The topological polar surface area (TPSA) is 71.8 Å². The third kappa shape index (κ3) is 1.84. The van der Waals surface area contributed by atoms with E-state index in [1.807, 2.05) is 78.9 Å². The van der Waals surface area contributed by atoms with Crippen molar-refractivity contribution in [1.29, 1.82) is 0 Å². The Labute approximate surface area is 160 Å². The Morgan fingerprint density at radius 1 is 0.821 bits per heavy atom. The Morgan fingerprint density at radius 3 is 2.39 bits per heavy atom. The highest BCUT2D eigenvalue weighted by molar-refractivity contribution is 6.09. The van der Waals surface area contributed by atoms with Crippen LogP contribution in [0.15, 0.2) is 78.9 Å². The summed E-state index contributed by atoms with van der Waals surface area (Å²) < 4.78 is 1.72. The van der Waals surface area contributed by atoms with Crippen LogP contribution < -0.4 is 10.6 Å². The van der Waals surface area contributed by atoms with Gasteiger partial charge in [-0.3, -0.25) is 4.79 Å². The van der Waals surface area contributed by atoms with Gasteiger partial charge in [0, 0.05) is 28.1 Å². The van der Waals surface area contributed by atoms with Gasteiger partial charge < -0.3 is 10.6 Å². The largest absolute Gasteiger partial charge is 0.349 e. The van der Waals surface area contributed by atoms with Gasteiger partial charge in [-0.05, 0) is 18.2 Å². The van der Waals surface area contributed by atoms with Crippen LogP contribution in [-0.4, -0.2) is 20.7 Å². The van der Waals surface area contributed by atoms with Gasteiger partial charge in [-0.15, -0.1) is 5.10 Å². The molecular weight excluding hydrogens is 350 g/mol. The van der Waals surface area contributed by atoms with Crippen LogP contribution in [0, 0.1) is 0 Å². The summed E-state index contributed by atoms with van der Waals surface area (Å²) in [5.74, 6) is 1.08. The van der Waals surface area contributed by atoms with Crippen LogP contribution in [0.3, 0.4) is 0 Å². The number of fused-ring (bicyclic) bond motifs is 6. The number of amides is 1. The average molecular weight is 365 g/mol. The molecule has 6 nitrogen and oxygen atoms in total. The molecule has 1 aromatic heterocycles. The first-order chi connectivity index (χ1) is 13.8. The molecule has 0 radical (unpaired) electrons. The summed E-state index contributed by atoms with van der Waals surface area (Å²) in [6.45, 7) is 0. The van der Waals surface area contributed by atoms with Gasteiger partial charge in [-0.1, -0.05) is 60.7 Å². The van der Waals surface area contributed by atoms with Crippen LogP contribution in [0.1, 0.15) is 5.56 Å². The van der Waals surface area contributed by atoms with Crippen molar-refractivity contribution in [2.24, 2.45) is 0 Å². The maximum absolute atomic E-state index is 13.3. The van der Waals surface area contributed by atoms with E-state index in [4.69, 9.17) is 10.1 Å². The van der Waals surface area contributed by atoms with E-state index >= 15 is 0 Å². The Bertz CT molecular complexity index is 1250. The highest BCUT2D eigenvalue weighted by Crippen LogP contribution is 2.46. The fourth-order valence-corrected chi connectivity index (χ4v) is 4.04. The number of aromatic nitrogens is 3. The molecule has 2 aliphatic heterocycles. The van der Waals surface area contributed by atoms with Gasteiger partial charge in [-0.2, -0.15) is 0 Å². The minimum Gasteiger partial charge on any atom is -0.349 e. The molecule has 6 heteroatoms. The lowest BCUT2D eigenvalue weighted by Crippen LogP contribution is -2.51. The van der Waals surface area contributed by atoms with Gasteiger partial charge >= 0.3 is 0 Å². The predicted molar refractivity (Wildman–Crippen MR) is 107 cm³/mol. The second-order valence-corrected chi connectivity index (χ2v) is 6.92. The minimum atomic E-state index is -1.17. The molecule has 1 spiro atoms. The van der Waals surface area contributed by atoms with E-state index in [9.17, 15) is 4.79 Å². The maximum Gasteiger partial charge on any atom is 0.278 e. The first kappa shape index (κ1) is 15.2. The zero-order valence-corrected chi connectivity index (χ0v) is 14.8. The highest BCUT2D eigenvalue weighted by Gasteiger charge is 2.53. The minimum absolute atomic E-state index is 0.172. The van der Waals surface area contributed by atoms with Crippen LogP contribution in [0.2, 0.25) is 0 Å². The van der Waals surface area contributed by atoms with Gasteiger partial charge in [0.15, 0.2) is 11.6 Å². The number of hydrogen-bond donors (Lipinski definition) is 2. The molecular formula is C22H15N5O. The molecule has 1 atom stereocenters. The molecule has 28 heavy (non-hydrogen) atoms. The molecule has 1 unspecified atom stereocenters. The number of para-hydroxylation sites is 2. The molecule has 1 amide bonds. The Kier molecular flexibility index (Phi) is 2.87. The predicted octanol–water partition coefficient (Wildman–Crippen LogP) is 3.69. The number of carbonyl (C=O) groups excluding carboxylic acids is 1. The Morgan fingerprint density at radius 2 is 1.54 bits per heavy atom.